The van der Waals surface area contributed by atoms with Gasteiger partial charge in [-0.3, -0.25) is 9.59 Å². The third-order valence-electron chi connectivity index (χ3n) is 4.24. The summed E-state index contributed by atoms with van der Waals surface area (Å²) >= 11 is 0. The molecule has 132 valence electrons. The van der Waals surface area contributed by atoms with E-state index in [1.165, 1.54) is 19.3 Å². The fraction of sp³-hybridized carbons (Fsp3) is 0.579. The Bertz CT molecular complexity index is 539. The van der Waals surface area contributed by atoms with Gasteiger partial charge in [0.15, 0.2) is 0 Å². The predicted molar refractivity (Wildman–Crippen MR) is 95.2 cm³/mol. The molecule has 0 bridgehead atoms. The van der Waals surface area contributed by atoms with Gasteiger partial charge in [0.1, 0.15) is 0 Å². The first-order valence-corrected chi connectivity index (χ1v) is 8.98. The summed E-state index contributed by atoms with van der Waals surface area (Å²) in [6, 6.07) is 7.23. The quantitative estimate of drug-likeness (QED) is 0.742. The number of nitrogens with zero attached hydrogens (tertiary/aromatic N) is 1. The second-order valence-electron chi connectivity index (χ2n) is 6.16. The highest BCUT2D eigenvalue weighted by atomic mass is 16.5. The number of carbonyl (C=O) groups is 2. The molecule has 0 aliphatic carbocycles. The summed E-state index contributed by atoms with van der Waals surface area (Å²) in [7, 11) is 0. The van der Waals surface area contributed by atoms with E-state index in [-0.39, 0.29) is 11.8 Å². The zero-order valence-electron chi connectivity index (χ0n) is 14.6. The molecule has 1 heterocycles. The number of anilines is 1. The third kappa shape index (κ3) is 5.64. The van der Waals surface area contributed by atoms with Crippen LogP contribution in [-0.4, -0.2) is 43.0 Å². The van der Waals surface area contributed by atoms with E-state index in [1.54, 1.807) is 17.0 Å². The van der Waals surface area contributed by atoms with Crippen LogP contribution in [0.15, 0.2) is 24.3 Å². The topological polar surface area (TPSA) is 58.6 Å². The standard InChI is InChI=1S/C19H28N2O3/c1-2-3-4-5-6-11-18(22)20-17-10-8-7-9-16(17)19(23)21-12-14-24-15-13-21/h7-10H,2-6,11-15H2,1H3,(H,20,22). The number of rotatable bonds is 8. The van der Waals surface area contributed by atoms with Crippen LogP contribution in [0.3, 0.4) is 0 Å². The number of morpholine rings is 1. The number of amides is 2. The maximum atomic E-state index is 12.7. The summed E-state index contributed by atoms with van der Waals surface area (Å²) in [4.78, 5) is 26.6. The zero-order chi connectivity index (χ0) is 17.2. The van der Waals surface area contributed by atoms with E-state index in [0.29, 0.717) is 44.0 Å². The van der Waals surface area contributed by atoms with Gasteiger partial charge in [-0.25, -0.2) is 0 Å². The molecule has 5 nitrogen and oxygen atoms in total. The summed E-state index contributed by atoms with van der Waals surface area (Å²) < 4.78 is 5.29. The van der Waals surface area contributed by atoms with Crippen molar-refractivity contribution in [3.63, 3.8) is 0 Å². The Morgan fingerprint density at radius 1 is 1.08 bits per heavy atom. The molecule has 1 aliphatic rings. The van der Waals surface area contributed by atoms with Gasteiger partial charge in [-0.05, 0) is 18.6 Å². The van der Waals surface area contributed by atoms with E-state index < -0.39 is 0 Å². The van der Waals surface area contributed by atoms with Crippen molar-refractivity contribution in [2.24, 2.45) is 0 Å². The van der Waals surface area contributed by atoms with Crippen molar-refractivity contribution < 1.29 is 14.3 Å². The fourth-order valence-corrected chi connectivity index (χ4v) is 2.82. The minimum absolute atomic E-state index is 0.0197. The van der Waals surface area contributed by atoms with Crippen molar-refractivity contribution in [3.05, 3.63) is 29.8 Å². The zero-order valence-corrected chi connectivity index (χ0v) is 14.6. The van der Waals surface area contributed by atoms with E-state index in [4.69, 9.17) is 4.74 Å². The first-order valence-electron chi connectivity index (χ1n) is 8.98. The highest BCUT2D eigenvalue weighted by Crippen LogP contribution is 2.19. The molecule has 2 amide bonds. The molecule has 0 saturated carbocycles. The maximum Gasteiger partial charge on any atom is 0.256 e. The lowest BCUT2D eigenvalue weighted by atomic mass is 10.1. The van der Waals surface area contributed by atoms with Crippen molar-refractivity contribution in [1.29, 1.82) is 0 Å². The Kier molecular flexibility index (Phi) is 7.75. The average Bonchev–Trinajstić information content (AvgIpc) is 2.62. The van der Waals surface area contributed by atoms with Crippen LogP contribution in [-0.2, 0) is 9.53 Å². The van der Waals surface area contributed by atoms with E-state index in [0.717, 1.165) is 12.8 Å². The predicted octanol–water partition coefficient (Wildman–Crippen LogP) is 3.46. The van der Waals surface area contributed by atoms with Gasteiger partial charge in [0.05, 0.1) is 24.5 Å². The van der Waals surface area contributed by atoms with Crippen LogP contribution >= 0.6 is 0 Å². The number of para-hydroxylation sites is 1. The molecule has 1 saturated heterocycles. The largest absolute Gasteiger partial charge is 0.378 e. The number of nitrogens with one attached hydrogen (secondary N) is 1. The maximum absolute atomic E-state index is 12.7. The fourth-order valence-electron chi connectivity index (χ4n) is 2.82. The Hall–Kier alpha value is -1.88. The molecule has 2 rings (SSSR count). The number of carbonyl (C=O) groups excluding carboxylic acids is 2. The van der Waals surface area contributed by atoms with Gasteiger partial charge in [0.2, 0.25) is 5.91 Å². The molecular weight excluding hydrogens is 304 g/mol. The summed E-state index contributed by atoms with van der Waals surface area (Å²) in [5.41, 5.74) is 1.16. The number of hydrogen-bond acceptors (Lipinski definition) is 3. The summed E-state index contributed by atoms with van der Waals surface area (Å²) in [6.07, 6.45) is 6.07. The molecule has 0 spiro atoms. The van der Waals surface area contributed by atoms with Crippen molar-refractivity contribution in [3.8, 4) is 0 Å². The Morgan fingerprint density at radius 2 is 1.79 bits per heavy atom. The molecule has 1 aromatic carbocycles. The van der Waals surface area contributed by atoms with Gasteiger partial charge in [-0.2, -0.15) is 0 Å². The van der Waals surface area contributed by atoms with Crippen LogP contribution in [0.25, 0.3) is 0 Å². The number of hydrogen-bond donors (Lipinski definition) is 1. The first-order chi connectivity index (χ1) is 11.7. The molecule has 0 aromatic heterocycles. The van der Waals surface area contributed by atoms with Crippen LogP contribution in [0.4, 0.5) is 5.69 Å². The normalized spacial score (nSPS) is 14.5. The number of benzene rings is 1. The van der Waals surface area contributed by atoms with E-state index in [2.05, 4.69) is 12.2 Å². The lowest BCUT2D eigenvalue weighted by Gasteiger charge is -2.27. The van der Waals surface area contributed by atoms with Gasteiger partial charge in [-0.1, -0.05) is 44.7 Å². The van der Waals surface area contributed by atoms with Crippen molar-refractivity contribution >= 4 is 17.5 Å². The molecule has 24 heavy (non-hydrogen) atoms. The minimum atomic E-state index is -0.0443. The highest BCUT2D eigenvalue weighted by molar-refractivity contribution is 6.03. The summed E-state index contributed by atoms with van der Waals surface area (Å²) in [5, 5.41) is 2.90. The molecule has 5 heteroatoms. The van der Waals surface area contributed by atoms with Gasteiger partial charge in [0, 0.05) is 19.5 Å². The lowest BCUT2D eigenvalue weighted by Crippen LogP contribution is -2.41. The number of ether oxygens (including phenoxy) is 1. The van der Waals surface area contributed by atoms with Gasteiger partial charge >= 0.3 is 0 Å². The summed E-state index contributed by atoms with van der Waals surface area (Å²) in [5.74, 6) is -0.0640. The minimum Gasteiger partial charge on any atom is -0.378 e. The van der Waals surface area contributed by atoms with Crippen LogP contribution in [0, 0.1) is 0 Å². The van der Waals surface area contributed by atoms with E-state index >= 15 is 0 Å². The van der Waals surface area contributed by atoms with Crippen molar-refractivity contribution in [1.82, 2.24) is 4.90 Å². The molecule has 1 aliphatic heterocycles. The highest BCUT2D eigenvalue weighted by Gasteiger charge is 2.21. The van der Waals surface area contributed by atoms with Gasteiger partial charge in [0.25, 0.3) is 5.91 Å². The molecule has 0 atom stereocenters. The van der Waals surface area contributed by atoms with Crippen LogP contribution in [0.1, 0.15) is 55.8 Å². The molecule has 1 fully saturated rings. The number of unbranched alkanes of at least 4 members (excludes halogenated alkanes) is 4. The third-order valence-corrected chi connectivity index (χ3v) is 4.24. The molecule has 0 unspecified atom stereocenters. The monoisotopic (exact) mass is 332 g/mol. The summed E-state index contributed by atoms with van der Waals surface area (Å²) in [6.45, 7) is 4.50. The average molecular weight is 332 g/mol. The smallest absolute Gasteiger partial charge is 0.256 e. The van der Waals surface area contributed by atoms with Crippen molar-refractivity contribution in [2.45, 2.75) is 45.4 Å². The van der Waals surface area contributed by atoms with Crippen LogP contribution in [0.2, 0.25) is 0 Å². The van der Waals surface area contributed by atoms with Crippen molar-refractivity contribution in [2.75, 3.05) is 31.6 Å². The van der Waals surface area contributed by atoms with E-state index in [1.807, 2.05) is 12.1 Å². The lowest BCUT2D eigenvalue weighted by molar-refractivity contribution is -0.116. The molecular formula is C19H28N2O3. The molecule has 0 radical (unpaired) electrons. The molecule has 1 aromatic rings. The Labute approximate surface area is 144 Å². The van der Waals surface area contributed by atoms with Crippen LogP contribution in [0.5, 0.6) is 0 Å². The first kappa shape index (κ1) is 18.5. The van der Waals surface area contributed by atoms with E-state index in [9.17, 15) is 9.59 Å². The Balaban J connectivity index is 1.90. The SMILES string of the molecule is CCCCCCCC(=O)Nc1ccccc1C(=O)N1CCOCC1. The second-order valence-corrected chi connectivity index (χ2v) is 6.16. The second kappa shape index (κ2) is 10.1. The van der Waals surface area contributed by atoms with Crippen LogP contribution < -0.4 is 5.32 Å². The Morgan fingerprint density at radius 3 is 2.54 bits per heavy atom. The van der Waals surface area contributed by atoms with Gasteiger partial charge < -0.3 is 15.0 Å². The molecule has 1 N–H and O–H groups in total. The van der Waals surface area contributed by atoms with Gasteiger partial charge in [-0.15, -0.1) is 0 Å².